The van der Waals surface area contributed by atoms with Gasteiger partial charge in [0.15, 0.2) is 11.5 Å². The van der Waals surface area contributed by atoms with Crippen LogP contribution >= 0.6 is 11.6 Å². The lowest BCUT2D eigenvalue weighted by Crippen LogP contribution is -2.34. The van der Waals surface area contributed by atoms with Crippen molar-refractivity contribution in [1.29, 1.82) is 0 Å². The van der Waals surface area contributed by atoms with Gasteiger partial charge in [-0.05, 0) is 82.6 Å². The summed E-state index contributed by atoms with van der Waals surface area (Å²) in [6.45, 7) is 4.28. The predicted molar refractivity (Wildman–Crippen MR) is 125 cm³/mol. The van der Waals surface area contributed by atoms with Crippen LogP contribution in [0.15, 0.2) is 28.8 Å². The Morgan fingerprint density at radius 2 is 1.89 bits per heavy atom. The van der Waals surface area contributed by atoms with Gasteiger partial charge in [0, 0.05) is 17.5 Å². The number of benzene rings is 1. The fourth-order valence-electron chi connectivity index (χ4n) is 4.95. The maximum atomic E-state index is 13.8. The van der Waals surface area contributed by atoms with E-state index in [0.717, 1.165) is 49.8 Å². The molecule has 2 aliphatic heterocycles. The molecular weight excluding hydrogens is 481 g/mol. The molecule has 11 heteroatoms. The minimum absolute atomic E-state index is 0.124. The Labute approximate surface area is 206 Å². The molecule has 0 bridgehead atoms. The lowest BCUT2D eigenvalue weighted by atomic mass is 9.96. The standard InChI is InChI=1S/C24H26ClF3N6O/c1-14(17-12-16(25)5-6-18(17)24(26,27)28)34-9-3-4-19-21(34)13-20(31-30-19)23-29-22(32-35-23)15-7-10-33(2)11-8-15/h5-6,12-15H,3-4,7-11H2,1-2H3/t14-/m1/s1. The Kier molecular flexibility index (Phi) is 6.43. The molecule has 0 saturated carbocycles. The molecule has 2 aromatic heterocycles. The number of aryl methyl sites for hydroxylation is 1. The van der Waals surface area contributed by atoms with Gasteiger partial charge in [-0.3, -0.25) is 0 Å². The van der Waals surface area contributed by atoms with E-state index < -0.39 is 17.8 Å². The summed E-state index contributed by atoms with van der Waals surface area (Å²) >= 11 is 6.09. The van der Waals surface area contributed by atoms with Crippen LogP contribution in [0.3, 0.4) is 0 Å². The van der Waals surface area contributed by atoms with Crippen LogP contribution < -0.4 is 4.90 Å². The Bertz CT molecular complexity index is 1210. The van der Waals surface area contributed by atoms with Gasteiger partial charge in [-0.2, -0.15) is 23.3 Å². The number of piperidine rings is 1. The van der Waals surface area contributed by atoms with Crippen LogP contribution in [0.4, 0.5) is 18.9 Å². The van der Waals surface area contributed by atoms with Gasteiger partial charge in [-0.15, -0.1) is 5.10 Å². The van der Waals surface area contributed by atoms with Crippen LogP contribution in [0.25, 0.3) is 11.6 Å². The Morgan fingerprint density at radius 1 is 1.11 bits per heavy atom. The largest absolute Gasteiger partial charge is 0.416 e. The Balaban J connectivity index is 1.46. The van der Waals surface area contributed by atoms with Crippen molar-refractivity contribution in [2.75, 3.05) is 31.6 Å². The minimum Gasteiger partial charge on any atom is -0.363 e. The van der Waals surface area contributed by atoms with E-state index in [1.54, 1.807) is 13.0 Å². The third-order valence-corrected chi connectivity index (χ3v) is 7.19. The van der Waals surface area contributed by atoms with Crippen molar-refractivity contribution >= 4 is 17.3 Å². The van der Waals surface area contributed by atoms with Crippen LogP contribution in [0.1, 0.15) is 60.8 Å². The number of hydrogen-bond donors (Lipinski definition) is 0. The normalized spacial score (nSPS) is 18.5. The smallest absolute Gasteiger partial charge is 0.363 e. The highest BCUT2D eigenvalue weighted by Gasteiger charge is 2.37. The molecule has 35 heavy (non-hydrogen) atoms. The number of likely N-dealkylation sites (tertiary alicyclic amines) is 1. The van der Waals surface area contributed by atoms with Gasteiger partial charge in [0.25, 0.3) is 5.89 Å². The second-order valence-electron chi connectivity index (χ2n) is 9.30. The Morgan fingerprint density at radius 3 is 2.63 bits per heavy atom. The highest BCUT2D eigenvalue weighted by Crippen LogP contribution is 2.41. The van der Waals surface area contributed by atoms with Crippen LogP contribution in [0, 0.1) is 0 Å². The van der Waals surface area contributed by atoms with Crippen molar-refractivity contribution in [3.05, 3.63) is 51.9 Å². The number of alkyl halides is 3. The summed E-state index contributed by atoms with van der Waals surface area (Å²) in [5.74, 6) is 1.16. The molecular formula is C24H26ClF3N6O. The molecule has 1 aromatic carbocycles. The maximum Gasteiger partial charge on any atom is 0.416 e. The summed E-state index contributed by atoms with van der Waals surface area (Å²) in [5.41, 5.74) is 1.30. The zero-order valence-electron chi connectivity index (χ0n) is 19.5. The van der Waals surface area contributed by atoms with E-state index in [4.69, 9.17) is 16.1 Å². The summed E-state index contributed by atoms with van der Waals surface area (Å²) in [4.78, 5) is 8.77. The Hall–Kier alpha value is -2.72. The SMILES string of the molecule is C[C@H](c1cc(Cl)ccc1C(F)(F)F)N1CCCc2nnc(-c3nc(C4CCN(C)CC4)no3)cc21. The van der Waals surface area contributed by atoms with Crippen LogP contribution in [0.2, 0.25) is 5.02 Å². The van der Waals surface area contributed by atoms with Gasteiger partial charge >= 0.3 is 6.18 Å². The topological polar surface area (TPSA) is 71.2 Å². The molecule has 0 amide bonds. The highest BCUT2D eigenvalue weighted by molar-refractivity contribution is 6.30. The number of rotatable bonds is 4. The second kappa shape index (κ2) is 9.39. The fourth-order valence-corrected chi connectivity index (χ4v) is 5.14. The van der Waals surface area contributed by atoms with Gasteiger partial charge < -0.3 is 14.3 Å². The fraction of sp³-hybridized carbons (Fsp3) is 0.500. The summed E-state index contributed by atoms with van der Waals surface area (Å²) in [6.07, 6.45) is -1.12. The van der Waals surface area contributed by atoms with E-state index >= 15 is 0 Å². The quantitative estimate of drug-likeness (QED) is 0.461. The molecule has 1 fully saturated rings. The lowest BCUT2D eigenvalue weighted by molar-refractivity contribution is -0.138. The molecule has 1 atom stereocenters. The van der Waals surface area contributed by atoms with Crippen molar-refractivity contribution in [2.24, 2.45) is 0 Å². The second-order valence-corrected chi connectivity index (χ2v) is 9.74. The van der Waals surface area contributed by atoms with Gasteiger partial charge in [-0.1, -0.05) is 16.8 Å². The molecule has 0 spiro atoms. The molecule has 0 unspecified atom stereocenters. The average molecular weight is 507 g/mol. The van der Waals surface area contributed by atoms with Crippen LogP contribution in [-0.2, 0) is 12.6 Å². The van der Waals surface area contributed by atoms with Gasteiger partial charge in [0.2, 0.25) is 0 Å². The first-order chi connectivity index (χ1) is 16.7. The monoisotopic (exact) mass is 506 g/mol. The van der Waals surface area contributed by atoms with E-state index in [0.29, 0.717) is 24.5 Å². The first-order valence-electron chi connectivity index (χ1n) is 11.7. The van der Waals surface area contributed by atoms with Crippen molar-refractivity contribution in [1.82, 2.24) is 25.2 Å². The maximum absolute atomic E-state index is 13.8. The average Bonchev–Trinajstić information content (AvgIpc) is 3.33. The van der Waals surface area contributed by atoms with Crippen molar-refractivity contribution in [3.8, 4) is 11.6 Å². The third kappa shape index (κ3) is 4.86. The van der Waals surface area contributed by atoms with E-state index in [2.05, 4.69) is 32.3 Å². The molecule has 5 rings (SSSR count). The van der Waals surface area contributed by atoms with E-state index in [1.807, 2.05) is 4.90 Å². The minimum atomic E-state index is -4.48. The van der Waals surface area contributed by atoms with E-state index in [-0.39, 0.29) is 22.4 Å². The molecule has 186 valence electrons. The summed E-state index contributed by atoms with van der Waals surface area (Å²) < 4.78 is 46.8. The first-order valence-corrected chi connectivity index (χ1v) is 12.1. The molecule has 3 aromatic rings. The highest BCUT2D eigenvalue weighted by atomic mass is 35.5. The number of aromatic nitrogens is 4. The molecule has 4 heterocycles. The van der Waals surface area contributed by atoms with E-state index in [1.165, 1.54) is 12.1 Å². The zero-order chi connectivity index (χ0) is 24.7. The molecule has 0 radical (unpaired) electrons. The number of hydrogen-bond acceptors (Lipinski definition) is 7. The predicted octanol–water partition coefficient (Wildman–Crippen LogP) is 5.52. The first kappa shape index (κ1) is 24.0. The zero-order valence-corrected chi connectivity index (χ0v) is 20.3. The van der Waals surface area contributed by atoms with Gasteiger partial charge in [0.1, 0.15) is 0 Å². The van der Waals surface area contributed by atoms with Crippen molar-refractivity contribution in [2.45, 2.75) is 50.7 Å². The molecule has 1 saturated heterocycles. The van der Waals surface area contributed by atoms with Crippen molar-refractivity contribution < 1.29 is 17.7 Å². The number of halogens is 4. The molecule has 0 N–H and O–H groups in total. The molecule has 0 aliphatic carbocycles. The number of anilines is 1. The van der Waals surface area contributed by atoms with Gasteiger partial charge in [0.05, 0.1) is 23.0 Å². The number of fused-ring (bicyclic) bond motifs is 1. The number of nitrogens with zero attached hydrogens (tertiary/aromatic N) is 6. The summed E-state index contributed by atoms with van der Waals surface area (Å²) in [6, 6.07) is 4.91. The molecule has 2 aliphatic rings. The van der Waals surface area contributed by atoms with Crippen molar-refractivity contribution in [3.63, 3.8) is 0 Å². The van der Waals surface area contributed by atoms with Gasteiger partial charge in [-0.25, -0.2) is 0 Å². The lowest BCUT2D eigenvalue weighted by Gasteiger charge is -2.36. The summed E-state index contributed by atoms with van der Waals surface area (Å²) in [5, 5.41) is 13.1. The third-order valence-electron chi connectivity index (χ3n) is 6.95. The summed E-state index contributed by atoms with van der Waals surface area (Å²) in [7, 11) is 2.09. The van der Waals surface area contributed by atoms with E-state index in [9.17, 15) is 13.2 Å². The molecule has 7 nitrogen and oxygen atoms in total. The van der Waals surface area contributed by atoms with Crippen LogP contribution in [0.5, 0.6) is 0 Å². The van der Waals surface area contributed by atoms with Crippen LogP contribution in [-0.4, -0.2) is 51.9 Å².